The van der Waals surface area contributed by atoms with E-state index in [-0.39, 0.29) is 12.0 Å². The van der Waals surface area contributed by atoms with Crippen LogP contribution in [0, 0.1) is 0 Å². The van der Waals surface area contributed by atoms with Gasteiger partial charge >= 0.3 is 0 Å². The van der Waals surface area contributed by atoms with Crippen molar-refractivity contribution in [2.45, 2.75) is 39.3 Å². The van der Waals surface area contributed by atoms with E-state index in [1.165, 1.54) is 5.56 Å². The fraction of sp³-hybridized carbons (Fsp3) is 0.562. The van der Waals surface area contributed by atoms with E-state index in [9.17, 15) is 4.79 Å². The number of hydrogen-bond donors (Lipinski definition) is 1. The standard InChI is InChI=1S/C16H24N2O2/c1-3-18(4-2)12-13-7-9-14(10-8-13)17-16(19)15-6-5-11-20-15/h7-10,15H,3-6,11-12H2,1-2H3,(H,17,19)/t15-/m0/s1. The summed E-state index contributed by atoms with van der Waals surface area (Å²) in [5, 5.41) is 2.91. The number of anilines is 1. The van der Waals surface area contributed by atoms with E-state index in [1.54, 1.807) is 0 Å². The zero-order valence-electron chi connectivity index (χ0n) is 12.4. The summed E-state index contributed by atoms with van der Waals surface area (Å²) in [7, 11) is 0. The van der Waals surface area contributed by atoms with Gasteiger partial charge in [0.05, 0.1) is 0 Å². The molecule has 1 fully saturated rings. The summed E-state index contributed by atoms with van der Waals surface area (Å²) in [6, 6.07) is 8.07. The van der Waals surface area contributed by atoms with Crippen LogP contribution >= 0.6 is 0 Å². The van der Waals surface area contributed by atoms with Crippen LogP contribution in [-0.4, -0.2) is 36.6 Å². The first-order valence-corrected chi connectivity index (χ1v) is 7.46. The molecule has 1 N–H and O–H groups in total. The van der Waals surface area contributed by atoms with Crippen LogP contribution in [0.3, 0.4) is 0 Å². The van der Waals surface area contributed by atoms with E-state index < -0.39 is 0 Å². The smallest absolute Gasteiger partial charge is 0.253 e. The van der Waals surface area contributed by atoms with Gasteiger partial charge in [0.2, 0.25) is 0 Å². The quantitative estimate of drug-likeness (QED) is 0.868. The molecule has 4 nitrogen and oxygen atoms in total. The van der Waals surface area contributed by atoms with Crippen LogP contribution in [0.2, 0.25) is 0 Å². The zero-order valence-corrected chi connectivity index (χ0v) is 12.4. The molecular formula is C16H24N2O2. The van der Waals surface area contributed by atoms with Gasteiger partial charge in [-0.15, -0.1) is 0 Å². The van der Waals surface area contributed by atoms with Crippen molar-refractivity contribution in [1.29, 1.82) is 0 Å². The van der Waals surface area contributed by atoms with Crippen LogP contribution in [-0.2, 0) is 16.1 Å². The van der Waals surface area contributed by atoms with E-state index in [1.807, 2.05) is 12.1 Å². The van der Waals surface area contributed by atoms with Crippen LogP contribution < -0.4 is 5.32 Å². The van der Waals surface area contributed by atoms with Gasteiger partial charge < -0.3 is 10.1 Å². The summed E-state index contributed by atoms with van der Waals surface area (Å²) < 4.78 is 5.37. The van der Waals surface area contributed by atoms with Gasteiger partial charge in [-0.1, -0.05) is 26.0 Å². The fourth-order valence-electron chi connectivity index (χ4n) is 2.41. The second-order valence-corrected chi connectivity index (χ2v) is 5.15. The van der Waals surface area contributed by atoms with Crippen LogP contribution in [0.4, 0.5) is 5.69 Å². The Balaban J connectivity index is 1.89. The molecule has 1 aromatic carbocycles. The SMILES string of the molecule is CCN(CC)Cc1ccc(NC(=O)[C@@H]2CCCO2)cc1. The van der Waals surface area contributed by atoms with E-state index in [2.05, 4.69) is 36.2 Å². The molecular weight excluding hydrogens is 252 g/mol. The maximum Gasteiger partial charge on any atom is 0.253 e. The number of amides is 1. The minimum absolute atomic E-state index is 0.0287. The van der Waals surface area contributed by atoms with Gasteiger partial charge in [-0.2, -0.15) is 0 Å². The molecule has 1 aliphatic heterocycles. The molecule has 0 aromatic heterocycles. The zero-order chi connectivity index (χ0) is 14.4. The first-order chi connectivity index (χ1) is 9.72. The number of nitrogens with one attached hydrogen (secondary N) is 1. The number of hydrogen-bond acceptors (Lipinski definition) is 3. The van der Waals surface area contributed by atoms with Gasteiger partial charge in [-0.3, -0.25) is 9.69 Å². The molecule has 0 unspecified atom stereocenters. The Morgan fingerprint density at radius 3 is 2.55 bits per heavy atom. The molecule has 1 aliphatic rings. The lowest BCUT2D eigenvalue weighted by atomic mass is 10.1. The molecule has 1 atom stereocenters. The minimum Gasteiger partial charge on any atom is -0.368 e. The normalized spacial score (nSPS) is 18.4. The summed E-state index contributed by atoms with van der Waals surface area (Å²) in [6.07, 6.45) is 1.53. The van der Waals surface area contributed by atoms with Gasteiger partial charge in [0.15, 0.2) is 0 Å². The number of carbonyl (C=O) groups excluding carboxylic acids is 1. The molecule has 110 valence electrons. The lowest BCUT2D eigenvalue weighted by molar-refractivity contribution is -0.124. The highest BCUT2D eigenvalue weighted by Gasteiger charge is 2.23. The van der Waals surface area contributed by atoms with Crippen molar-refractivity contribution in [3.63, 3.8) is 0 Å². The number of benzene rings is 1. The van der Waals surface area contributed by atoms with E-state index >= 15 is 0 Å². The van der Waals surface area contributed by atoms with E-state index in [4.69, 9.17) is 4.74 Å². The largest absolute Gasteiger partial charge is 0.368 e. The average molecular weight is 276 g/mol. The number of rotatable bonds is 6. The number of ether oxygens (including phenoxy) is 1. The van der Waals surface area contributed by atoms with Gasteiger partial charge in [0.1, 0.15) is 6.10 Å². The second kappa shape index (κ2) is 7.41. The number of carbonyl (C=O) groups is 1. The fourth-order valence-corrected chi connectivity index (χ4v) is 2.41. The van der Waals surface area contributed by atoms with Crippen molar-refractivity contribution in [3.8, 4) is 0 Å². The minimum atomic E-state index is -0.273. The van der Waals surface area contributed by atoms with Crippen LogP contribution in [0.1, 0.15) is 32.3 Å². The second-order valence-electron chi connectivity index (χ2n) is 5.15. The molecule has 1 saturated heterocycles. The molecule has 0 aliphatic carbocycles. The van der Waals surface area contributed by atoms with Gasteiger partial charge in [0.25, 0.3) is 5.91 Å². The molecule has 20 heavy (non-hydrogen) atoms. The van der Waals surface area contributed by atoms with Gasteiger partial charge in [-0.25, -0.2) is 0 Å². The topological polar surface area (TPSA) is 41.6 Å². The summed E-state index contributed by atoms with van der Waals surface area (Å²) in [5.41, 5.74) is 2.11. The highest BCUT2D eigenvalue weighted by Crippen LogP contribution is 2.16. The number of nitrogens with zero attached hydrogens (tertiary/aromatic N) is 1. The predicted octanol–water partition coefficient (Wildman–Crippen LogP) is 2.65. The van der Waals surface area contributed by atoms with Crippen molar-refractivity contribution in [2.75, 3.05) is 25.0 Å². The molecule has 0 spiro atoms. The Morgan fingerprint density at radius 2 is 2.00 bits per heavy atom. The van der Waals surface area contributed by atoms with Crippen molar-refractivity contribution in [1.82, 2.24) is 4.90 Å². The van der Waals surface area contributed by atoms with Crippen LogP contribution in [0.25, 0.3) is 0 Å². The molecule has 1 aromatic rings. The third-order valence-electron chi connectivity index (χ3n) is 3.74. The van der Waals surface area contributed by atoms with Crippen molar-refractivity contribution in [3.05, 3.63) is 29.8 Å². The highest BCUT2D eigenvalue weighted by molar-refractivity contribution is 5.94. The Morgan fingerprint density at radius 1 is 1.30 bits per heavy atom. The molecule has 1 amide bonds. The first kappa shape index (κ1) is 15.0. The maximum absolute atomic E-state index is 11.9. The molecule has 0 bridgehead atoms. The molecule has 0 saturated carbocycles. The van der Waals surface area contributed by atoms with Gasteiger partial charge in [0, 0.05) is 18.8 Å². The maximum atomic E-state index is 11.9. The first-order valence-electron chi connectivity index (χ1n) is 7.46. The predicted molar refractivity (Wildman–Crippen MR) is 80.7 cm³/mol. The van der Waals surface area contributed by atoms with Crippen LogP contribution in [0.15, 0.2) is 24.3 Å². The van der Waals surface area contributed by atoms with E-state index in [0.29, 0.717) is 6.61 Å². The van der Waals surface area contributed by atoms with Crippen LogP contribution in [0.5, 0.6) is 0 Å². The third-order valence-corrected chi connectivity index (χ3v) is 3.74. The van der Waals surface area contributed by atoms with Crippen molar-refractivity contribution < 1.29 is 9.53 Å². The molecule has 2 rings (SSSR count). The third kappa shape index (κ3) is 4.05. The van der Waals surface area contributed by atoms with Crippen molar-refractivity contribution in [2.24, 2.45) is 0 Å². The molecule has 1 heterocycles. The summed E-state index contributed by atoms with van der Waals surface area (Å²) >= 11 is 0. The molecule has 4 heteroatoms. The van der Waals surface area contributed by atoms with Gasteiger partial charge in [-0.05, 0) is 43.6 Å². The molecule has 0 radical (unpaired) electrons. The van der Waals surface area contributed by atoms with E-state index in [0.717, 1.165) is 38.2 Å². The average Bonchev–Trinajstić information content (AvgIpc) is 3.01. The lowest BCUT2D eigenvalue weighted by Crippen LogP contribution is -2.26. The Hall–Kier alpha value is -1.39. The monoisotopic (exact) mass is 276 g/mol. The Labute approximate surface area is 121 Å². The highest BCUT2D eigenvalue weighted by atomic mass is 16.5. The summed E-state index contributed by atoms with van der Waals surface area (Å²) in [5.74, 6) is -0.0287. The Kier molecular flexibility index (Phi) is 5.56. The Bertz CT molecular complexity index is 421. The lowest BCUT2D eigenvalue weighted by Gasteiger charge is -2.18. The summed E-state index contributed by atoms with van der Waals surface area (Å²) in [4.78, 5) is 14.3. The summed E-state index contributed by atoms with van der Waals surface area (Å²) in [6.45, 7) is 8.08. The van der Waals surface area contributed by atoms with Crippen molar-refractivity contribution >= 4 is 11.6 Å².